The van der Waals surface area contributed by atoms with Crippen LogP contribution in [0.3, 0.4) is 0 Å². The Balaban J connectivity index is 2.63. The van der Waals surface area contributed by atoms with Crippen molar-refractivity contribution in [3.63, 3.8) is 0 Å². The Hall–Kier alpha value is -0.790. The Bertz CT molecular complexity index is 475. The zero-order valence-corrected chi connectivity index (χ0v) is 8.85. The van der Waals surface area contributed by atoms with Gasteiger partial charge in [-0.05, 0) is 28.7 Å². The first-order valence-electron chi connectivity index (χ1n) is 3.68. The molecule has 2 heterocycles. The van der Waals surface area contributed by atoms with Crippen molar-refractivity contribution in [3.8, 4) is 0 Å². The maximum absolute atomic E-state index is 12.2. The second kappa shape index (κ2) is 3.11. The molecule has 0 atom stereocenters. The Labute approximate surface area is 90.7 Å². The summed E-state index contributed by atoms with van der Waals surface area (Å²) in [7, 11) is 0. The van der Waals surface area contributed by atoms with E-state index in [4.69, 9.17) is 0 Å². The van der Waals surface area contributed by atoms with Crippen molar-refractivity contribution in [3.05, 3.63) is 27.7 Å². The van der Waals surface area contributed by atoms with Crippen molar-refractivity contribution in [1.29, 1.82) is 0 Å². The van der Waals surface area contributed by atoms with E-state index in [0.717, 1.165) is 9.64 Å². The van der Waals surface area contributed by atoms with Crippen LogP contribution in [0.1, 0.15) is 5.69 Å². The van der Waals surface area contributed by atoms with Crippen LogP contribution in [0.4, 0.5) is 13.2 Å². The molecule has 0 aliphatic carbocycles. The van der Waals surface area contributed by atoms with Gasteiger partial charge in [0, 0.05) is 21.4 Å². The van der Waals surface area contributed by atoms with Crippen LogP contribution < -0.4 is 0 Å². The number of hydrogen-bond donors (Lipinski definition) is 1. The normalized spacial score (nSPS) is 12.3. The largest absolute Gasteiger partial charge is 0.433 e. The summed E-state index contributed by atoms with van der Waals surface area (Å²) < 4.78 is 37.6. The van der Waals surface area contributed by atoms with Crippen molar-refractivity contribution in [2.75, 3.05) is 0 Å². The summed E-state index contributed by atoms with van der Waals surface area (Å²) >= 11 is 2.03. The number of aromatic amines is 1. The lowest BCUT2D eigenvalue weighted by atomic mass is 10.3. The van der Waals surface area contributed by atoms with Gasteiger partial charge in [-0.3, -0.25) is 4.98 Å². The van der Waals surface area contributed by atoms with Crippen LogP contribution in [-0.2, 0) is 6.18 Å². The zero-order valence-electron chi connectivity index (χ0n) is 6.69. The van der Waals surface area contributed by atoms with E-state index in [1.165, 1.54) is 6.20 Å². The number of nitrogens with one attached hydrogen (secondary N) is 1. The van der Waals surface area contributed by atoms with E-state index in [0.29, 0.717) is 10.9 Å². The van der Waals surface area contributed by atoms with Crippen molar-refractivity contribution in [2.45, 2.75) is 6.18 Å². The maximum Gasteiger partial charge on any atom is 0.433 e. The molecule has 6 heteroatoms. The fourth-order valence-corrected chi connectivity index (χ4v) is 1.72. The van der Waals surface area contributed by atoms with Crippen LogP contribution in [0.2, 0.25) is 0 Å². The van der Waals surface area contributed by atoms with Crippen molar-refractivity contribution in [2.24, 2.45) is 0 Å². The topological polar surface area (TPSA) is 28.7 Å². The molecule has 0 aliphatic rings. The SMILES string of the molecule is FC(F)(F)c1cc2[nH]cc(I)c2cn1. The zero-order chi connectivity index (χ0) is 10.3. The van der Waals surface area contributed by atoms with Crippen molar-refractivity contribution in [1.82, 2.24) is 9.97 Å². The molecule has 0 saturated heterocycles. The first-order chi connectivity index (χ1) is 6.48. The molecular weight excluding hydrogens is 308 g/mol. The minimum atomic E-state index is -4.38. The van der Waals surface area contributed by atoms with Crippen LogP contribution in [0.25, 0.3) is 10.9 Å². The van der Waals surface area contributed by atoms with Gasteiger partial charge >= 0.3 is 6.18 Å². The number of alkyl halides is 3. The van der Waals surface area contributed by atoms with Crippen LogP contribution >= 0.6 is 22.6 Å². The standard InChI is InChI=1S/C8H4F3IN2/c9-8(10,11)7-1-6-4(2-14-7)5(12)3-13-6/h1-3,13H. The number of pyridine rings is 1. The number of rotatable bonds is 0. The lowest BCUT2D eigenvalue weighted by molar-refractivity contribution is -0.141. The number of halogens is 4. The molecule has 0 aromatic carbocycles. The average molecular weight is 312 g/mol. The second-order valence-electron chi connectivity index (χ2n) is 2.75. The molecule has 2 rings (SSSR count). The van der Waals surface area contributed by atoms with Crippen LogP contribution in [0, 0.1) is 3.57 Å². The summed E-state index contributed by atoms with van der Waals surface area (Å²) in [6.45, 7) is 0. The highest BCUT2D eigenvalue weighted by Crippen LogP contribution is 2.30. The van der Waals surface area contributed by atoms with Crippen molar-refractivity contribution < 1.29 is 13.2 Å². The predicted octanol–water partition coefficient (Wildman–Crippen LogP) is 3.19. The summed E-state index contributed by atoms with van der Waals surface area (Å²) in [5, 5.41) is 0.707. The van der Waals surface area contributed by atoms with E-state index in [1.54, 1.807) is 6.20 Å². The third-order valence-corrected chi connectivity index (χ3v) is 2.70. The summed E-state index contributed by atoms with van der Waals surface area (Å²) in [5.41, 5.74) is -0.417. The highest BCUT2D eigenvalue weighted by atomic mass is 127. The summed E-state index contributed by atoms with van der Waals surface area (Å²) in [6, 6.07) is 1.01. The molecule has 2 aromatic rings. The van der Waals surface area contributed by atoms with Gasteiger partial charge in [-0.1, -0.05) is 0 Å². The van der Waals surface area contributed by atoms with Gasteiger partial charge in [0.1, 0.15) is 5.69 Å². The molecular formula is C8H4F3IN2. The Morgan fingerprint density at radius 3 is 2.71 bits per heavy atom. The minimum Gasteiger partial charge on any atom is -0.360 e. The molecule has 0 saturated carbocycles. The number of nitrogens with zero attached hydrogens (tertiary/aromatic N) is 1. The maximum atomic E-state index is 12.2. The third kappa shape index (κ3) is 1.58. The van der Waals surface area contributed by atoms with Crippen LogP contribution in [0.15, 0.2) is 18.5 Å². The summed E-state index contributed by atoms with van der Waals surface area (Å²) in [4.78, 5) is 6.11. The van der Waals surface area contributed by atoms with Crippen molar-refractivity contribution >= 4 is 33.5 Å². The molecule has 0 radical (unpaired) electrons. The summed E-state index contributed by atoms with van der Waals surface area (Å²) in [5.74, 6) is 0. The van der Waals surface area contributed by atoms with Gasteiger partial charge in [-0.2, -0.15) is 13.2 Å². The number of hydrogen-bond acceptors (Lipinski definition) is 1. The van der Waals surface area contributed by atoms with Gasteiger partial charge in [-0.15, -0.1) is 0 Å². The van der Waals surface area contributed by atoms with Gasteiger partial charge in [0.05, 0.1) is 5.52 Å². The van der Waals surface area contributed by atoms with Gasteiger partial charge < -0.3 is 4.98 Å². The fraction of sp³-hybridized carbons (Fsp3) is 0.125. The molecule has 0 bridgehead atoms. The Kier molecular flexibility index (Phi) is 2.17. The smallest absolute Gasteiger partial charge is 0.360 e. The predicted molar refractivity (Wildman–Crippen MR) is 53.8 cm³/mol. The van der Waals surface area contributed by atoms with E-state index in [-0.39, 0.29) is 0 Å². The summed E-state index contributed by atoms with van der Waals surface area (Å²) in [6.07, 6.45) is -1.51. The van der Waals surface area contributed by atoms with Crippen LogP contribution in [0.5, 0.6) is 0 Å². The first-order valence-corrected chi connectivity index (χ1v) is 4.76. The molecule has 2 nitrogen and oxygen atoms in total. The highest BCUT2D eigenvalue weighted by molar-refractivity contribution is 14.1. The lowest BCUT2D eigenvalue weighted by Gasteiger charge is -2.04. The van der Waals surface area contributed by atoms with Gasteiger partial charge in [0.2, 0.25) is 0 Å². The van der Waals surface area contributed by atoms with E-state index >= 15 is 0 Å². The van der Waals surface area contributed by atoms with E-state index < -0.39 is 11.9 Å². The molecule has 0 amide bonds. The molecule has 14 heavy (non-hydrogen) atoms. The number of fused-ring (bicyclic) bond motifs is 1. The van der Waals surface area contributed by atoms with Crippen LogP contribution in [-0.4, -0.2) is 9.97 Å². The fourth-order valence-electron chi connectivity index (χ4n) is 1.14. The number of aromatic nitrogens is 2. The first kappa shape index (κ1) is 9.75. The third-order valence-electron chi connectivity index (χ3n) is 1.81. The molecule has 0 spiro atoms. The van der Waals surface area contributed by atoms with Gasteiger partial charge in [0.25, 0.3) is 0 Å². The number of H-pyrrole nitrogens is 1. The molecule has 74 valence electrons. The molecule has 0 fully saturated rings. The quantitative estimate of drug-likeness (QED) is 0.744. The molecule has 0 aliphatic heterocycles. The molecule has 0 unspecified atom stereocenters. The highest BCUT2D eigenvalue weighted by Gasteiger charge is 2.32. The van der Waals surface area contributed by atoms with Gasteiger partial charge in [-0.25, -0.2) is 0 Å². The Morgan fingerprint density at radius 1 is 1.36 bits per heavy atom. The Morgan fingerprint density at radius 2 is 2.07 bits per heavy atom. The molecule has 2 aromatic heterocycles. The van der Waals surface area contributed by atoms with Gasteiger partial charge in [0.15, 0.2) is 0 Å². The van der Waals surface area contributed by atoms with E-state index in [1.807, 2.05) is 22.6 Å². The second-order valence-corrected chi connectivity index (χ2v) is 3.91. The van der Waals surface area contributed by atoms with E-state index in [2.05, 4.69) is 9.97 Å². The monoisotopic (exact) mass is 312 g/mol. The van der Waals surface area contributed by atoms with E-state index in [9.17, 15) is 13.2 Å². The lowest BCUT2D eigenvalue weighted by Crippen LogP contribution is -2.07. The minimum absolute atomic E-state index is 0.455. The average Bonchev–Trinajstić information content (AvgIpc) is 2.46. The molecule has 1 N–H and O–H groups in total.